The van der Waals surface area contributed by atoms with E-state index in [0.29, 0.717) is 5.69 Å². The lowest BCUT2D eigenvalue weighted by atomic mass is 10.2. The van der Waals surface area contributed by atoms with Crippen LogP contribution < -0.4 is 5.32 Å². The molecule has 0 unspecified atom stereocenters. The van der Waals surface area contributed by atoms with Gasteiger partial charge in [-0.3, -0.25) is 4.79 Å². The molecule has 0 saturated carbocycles. The van der Waals surface area contributed by atoms with E-state index in [1.807, 2.05) is 0 Å². The maximum Gasteiger partial charge on any atom is 0.341 e. The summed E-state index contributed by atoms with van der Waals surface area (Å²) in [5, 5.41) is 2.46. The number of carbonyl (C=O) groups is 2. The Morgan fingerprint density at radius 2 is 1.68 bits per heavy atom. The molecule has 2 aromatic carbocycles. The smallest absolute Gasteiger partial charge is 0.341 e. The first kappa shape index (κ1) is 15.6. The summed E-state index contributed by atoms with van der Waals surface area (Å²) in [7, 11) is 0. The fourth-order valence-corrected chi connectivity index (χ4v) is 1.68. The van der Waals surface area contributed by atoms with E-state index in [2.05, 4.69) is 5.32 Å². The van der Waals surface area contributed by atoms with Gasteiger partial charge in [-0.25, -0.2) is 13.6 Å². The summed E-state index contributed by atoms with van der Waals surface area (Å²) in [6, 6.07) is 10.4. The molecule has 0 bridgehead atoms. The van der Waals surface area contributed by atoms with Crippen molar-refractivity contribution < 1.29 is 23.1 Å². The minimum absolute atomic E-state index is 0.246. The van der Waals surface area contributed by atoms with Crippen LogP contribution >= 0.6 is 0 Å². The number of hydrogen-bond donors (Lipinski definition) is 1. The fourth-order valence-electron chi connectivity index (χ4n) is 1.68. The van der Waals surface area contributed by atoms with E-state index in [4.69, 9.17) is 4.74 Å². The summed E-state index contributed by atoms with van der Waals surface area (Å²) >= 11 is 0. The van der Waals surface area contributed by atoms with Crippen molar-refractivity contribution in [3.05, 3.63) is 65.7 Å². The highest BCUT2D eigenvalue weighted by Gasteiger charge is 2.20. The zero-order valence-corrected chi connectivity index (χ0v) is 11.7. The van der Waals surface area contributed by atoms with Crippen LogP contribution in [0.3, 0.4) is 0 Å². The van der Waals surface area contributed by atoms with E-state index in [1.165, 1.54) is 49.4 Å². The summed E-state index contributed by atoms with van der Waals surface area (Å²) < 4.78 is 31.1. The molecule has 1 amide bonds. The van der Waals surface area contributed by atoms with E-state index in [9.17, 15) is 18.4 Å². The van der Waals surface area contributed by atoms with E-state index < -0.39 is 29.6 Å². The van der Waals surface area contributed by atoms with Gasteiger partial charge in [-0.15, -0.1) is 0 Å². The molecule has 0 spiro atoms. The highest BCUT2D eigenvalue weighted by molar-refractivity contribution is 5.97. The third-order valence-electron chi connectivity index (χ3n) is 2.86. The highest BCUT2D eigenvalue weighted by Crippen LogP contribution is 2.12. The normalized spacial score (nSPS) is 11.6. The summed E-state index contributed by atoms with van der Waals surface area (Å²) in [6.07, 6.45) is -1.13. The number of hydrogen-bond acceptors (Lipinski definition) is 3. The number of anilines is 1. The van der Waals surface area contributed by atoms with Crippen LogP contribution in [-0.4, -0.2) is 18.0 Å². The first-order valence-corrected chi connectivity index (χ1v) is 6.49. The van der Waals surface area contributed by atoms with Crippen molar-refractivity contribution >= 4 is 17.6 Å². The van der Waals surface area contributed by atoms with E-state index in [0.717, 1.165) is 6.07 Å². The van der Waals surface area contributed by atoms with Crippen LogP contribution in [0.15, 0.2) is 48.5 Å². The molecule has 2 rings (SSSR count). The van der Waals surface area contributed by atoms with Gasteiger partial charge in [0.1, 0.15) is 11.6 Å². The van der Waals surface area contributed by atoms with E-state index >= 15 is 0 Å². The van der Waals surface area contributed by atoms with Gasteiger partial charge in [0.15, 0.2) is 6.10 Å². The molecule has 0 aliphatic rings. The molecule has 0 radical (unpaired) electrons. The molecule has 0 aliphatic carbocycles. The van der Waals surface area contributed by atoms with Crippen LogP contribution in [0.2, 0.25) is 0 Å². The average molecular weight is 305 g/mol. The molecule has 0 heterocycles. The van der Waals surface area contributed by atoms with Crippen LogP contribution in [0.4, 0.5) is 14.5 Å². The van der Waals surface area contributed by atoms with Crippen molar-refractivity contribution in [2.45, 2.75) is 13.0 Å². The van der Waals surface area contributed by atoms with Crippen LogP contribution in [0.25, 0.3) is 0 Å². The van der Waals surface area contributed by atoms with Crippen LogP contribution in [0.1, 0.15) is 17.3 Å². The van der Waals surface area contributed by atoms with Gasteiger partial charge in [-0.2, -0.15) is 0 Å². The Morgan fingerprint density at radius 1 is 1.05 bits per heavy atom. The number of rotatable bonds is 4. The molecule has 0 aliphatic heterocycles. The first-order valence-electron chi connectivity index (χ1n) is 6.49. The van der Waals surface area contributed by atoms with Gasteiger partial charge in [0, 0.05) is 5.69 Å². The predicted molar refractivity (Wildman–Crippen MR) is 76.3 cm³/mol. The predicted octanol–water partition coefficient (Wildman–Crippen LogP) is 3.15. The molecule has 0 fully saturated rings. The van der Waals surface area contributed by atoms with Gasteiger partial charge in [-0.05, 0) is 43.3 Å². The molecule has 0 saturated heterocycles. The summed E-state index contributed by atoms with van der Waals surface area (Å²) in [4.78, 5) is 23.7. The topological polar surface area (TPSA) is 55.4 Å². The lowest BCUT2D eigenvalue weighted by Gasteiger charge is -2.13. The quantitative estimate of drug-likeness (QED) is 0.883. The SMILES string of the molecule is C[C@H](OC(=O)c1ccccc1F)C(=O)Nc1ccc(F)cc1. The van der Waals surface area contributed by atoms with Gasteiger partial charge in [0.2, 0.25) is 0 Å². The van der Waals surface area contributed by atoms with Crippen LogP contribution in [0, 0.1) is 11.6 Å². The maximum absolute atomic E-state index is 13.4. The third-order valence-corrected chi connectivity index (χ3v) is 2.86. The molecule has 0 aromatic heterocycles. The zero-order valence-electron chi connectivity index (χ0n) is 11.7. The molecule has 1 N–H and O–H groups in total. The van der Waals surface area contributed by atoms with Gasteiger partial charge in [0.25, 0.3) is 5.91 Å². The Hall–Kier alpha value is -2.76. The minimum atomic E-state index is -1.13. The molecule has 2 aromatic rings. The molecule has 4 nitrogen and oxygen atoms in total. The molecule has 22 heavy (non-hydrogen) atoms. The van der Waals surface area contributed by atoms with Crippen molar-refractivity contribution in [3.63, 3.8) is 0 Å². The molecular weight excluding hydrogens is 292 g/mol. The molecular formula is C16H13F2NO3. The third kappa shape index (κ3) is 3.88. The standard InChI is InChI=1S/C16H13F2NO3/c1-10(15(20)19-12-8-6-11(17)7-9-12)22-16(21)13-4-2-3-5-14(13)18/h2-10H,1H3,(H,19,20)/t10-/m0/s1. The van der Waals surface area contributed by atoms with Gasteiger partial charge in [0.05, 0.1) is 5.56 Å². The number of nitrogens with one attached hydrogen (secondary N) is 1. The van der Waals surface area contributed by atoms with Crippen LogP contribution in [0.5, 0.6) is 0 Å². The maximum atomic E-state index is 13.4. The monoisotopic (exact) mass is 305 g/mol. The number of esters is 1. The summed E-state index contributed by atoms with van der Waals surface area (Å²) in [5.41, 5.74) is 0.115. The second kappa shape index (κ2) is 6.80. The lowest BCUT2D eigenvalue weighted by Crippen LogP contribution is -2.30. The second-order valence-electron chi connectivity index (χ2n) is 4.52. The van der Waals surface area contributed by atoms with Crippen LogP contribution in [-0.2, 0) is 9.53 Å². The van der Waals surface area contributed by atoms with Crippen molar-refractivity contribution in [1.82, 2.24) is 0 Å². The average Bonchev–Trinajstić information content (AvgIpc) is 2.49. The van der Waals surface area contributed by atoms with Crippen molar-refractivity contribution in [2.24, 2.45) is 0 Å². The molecule has 114 valence electrons. The second-order valence-corrected chi connectivity index (χ2v) is 4.52. The Labute approximate surface area is 125 Å². The first-order chi connectivity index (χ1) is 10.5. The molecule has 1 atom stereocenters. The fraction of sp³-hybridized carbons (Fsp3) is 0.125. The van der Waals surface area contributed by atoms with Crippen molar-refractivity contribution in [1.29, 1.82) is 0 Å². The minimum Gasteiger partial charge on any atom is -0.449 e. The Balaban J connectivity index is 1.98. The molecule has 6 heteroatoms. The zero-order chi connectivity index (χ0) is 16.1. The number of ether oxygens (including phenoxy) is 1. The summed E-state index contributed by atoms with van der Waals surface area (Å²) in [6.45, 7) is 1.36. The van der Waals surface area contributed by atoms with E-state index in [-0.39, 0.29) is 5.56 Å². The Kier molecular flexibility index (Phi) is 4.83. The van der Waals surface area contributed by atoms with Gasteiger partial charge < -0.3 is 10.1 Å². The van der Waals surface area contributed by atoms with Crippen molar-refractivity contribution in [3.8, 4) is 0 Å². The van der Waals surface area contributed by atoms with E-state index in [1.54, 1.807) is 0 Å². The Bertz CT molecular complexity index is 686. The number of benzene rings is 2. The number of carbonyl (C=O) groups excluding carboxylic acids is 2. The lowest BCUT2D eigenvalue weighted by molar-refractivity contribution is -0.123. The Morgan fingerprint density at radius 3 is 2.32 bits per heavy atom. The number of amides is 1. The number of halogens is 2. The van der Waals surface area contributed by atoms with Gasteiger partial charge in [-0.1, -0.05) is 12.1 Å². The summed E-state index contributed by atoms with van der Waals surface area (Å²) in [5.74, 6) is -2.69. The van der Waals surface area contributed by atoms with Gasteiger partial charge >= 0.3 is 5.97 Å². The largest absolute Gasteiger partial charge is 0.449 e. The van der Waals surface area contributed by atoms with Crippen molar-refractivity contribution in [2.75, 3.05) is 5.32 Å². The highest BCUT2D eigenvalue weighted by atomic mass is 19.1.